The van der Waals surface area contributed by atoms with E-state index in [4.69, 9.17) is 5.11 Å². The van der Waals surface area contributed by atoms with Gasteiger partial charge in [0.1, 0.15) is 0 Å². The normalized spacial score (nSPS) is 35.1. The molecule has 0 spiro atoms. The van der Waals surface area contributed by atoms with Crippen molar-refractivity contribution in [2.24, 2.45) is 46.3 Å². The van der Waals surface area contributed by atoms with Crippen LogP contribution in [-0.2, 0) is 4.79 Å². The summed E-state index contributed by atoms with van der Waals surface area (Å²) in [6.45, 7) is 17.4. The second-order valence-electron chi connectivity index (χ2n) is 13.0. The Morgan fingerprint density at radius 1 is 0.805 bits per heavy atom. The molecule has 0 saturated heterocycles. The molecule has 0 heterocycles. The van der Waals surface area contributed by atoms with E-state index in [1.54, 1.807) is 6.26 Å². The van der Waals surface area contributed by atoms with Crippen LogP contribution in [-0.4, -0.2) is 23.5 Å². The van der Waals surface area contributed by atoms with Crippen molar-refractivity contribution in [2.45, 2.75) is 164 Å². The number of hydrogen-bond acceptors (Lipinski definition) is 2. The molecular weight excluding hydrogens is 541 g/mol. The molecule has 0 amide bonds. The van der Waals surface area contributed by atoms with E-state index in [2.05, 4.69) is 40.3 Å². The minimum atomic E-state index is -3.98. The Labute approximate surface area is 258 Å². The minimum Gasteiger partial charge on any atom is -0.481 e. The first-order chi connectivity index (χ1) is 19.5. The zero-order chi connectivity index (χ0) is 31.9. The van der Waals surface area contributed by atoms with Gasteiger partial charge in [-0.3, -0.25) is 4.79 Å². The highest BCUT2D eigenvalue weighted by Gasteiger charge is 2.61. The van der Waals surface area contributed by atoms with E-state index in [1.807, 2.05) is 27.7 Å². The molecule has 41 heavy (non-hydrogen) atoms. The second kappa shape index (κ2) is 19.8. The molecule has 0 aliphatic heterocycles. The van der Waals surface area contributed by atoms with Crippen molar-refractivity contribution in [3.8, 4) is 0 Å². The highest BCUT2D eigenvalue weighted by Crippen LogP contribution is 2.68. The summed E-state index contributed by atoms with van der Waals surface area (Å²) in [6, 6.07) is 0. The average molecular weight is 609 g/mol. The smallest absolute Gasteiger partial charge is 0.391 e. The molecule has 0 aromatic carbocycles. The van der Waals surface area contributed by atoms with Gasteiger partial charge in [-0.15, -0.1) is 0 Å². The lowest BCUT2D eigenvalue weighted by molar-refractivity contribution is -0.208. The molecule has 4 fully saturated rings. The molecule has 4 saturated carbocycles. The van der Waals surface area contributed by atoms with Crippen LogP contribution < -0.4 is 0 Å². The molecule has 8 atom stereocenters. The van der Waals surface area contributed by atoms with Crippen LogP contribution in [0.15, 0.2) is 0 Å². The second-order valence-corrected chi connectivity index (χ2v) is 13.0. The van der Waals surface area contributed by atoms with E-state index >= 15 is 0 Å². The number of unbranched alkanes of at least 4 members (excludes halogenated alkanes) is 3. The molecule has 0 aromatic rings. The van der Waals surface area contributed by atoms with E-state index in [0.29, 0.717) is 36.5 Å². The Kier molecular flexibility index (Phi) is 19.6. The highest BCUT2D eigenvalue weighted by atomic mass is 32.1. The van der Waals surface area contributed by atoms with E-state index in [0.717, 1.165) is 49.9 Å². The Balaban J connectivity index is 0.000000904. The highest BCUT2D eigenvalue weighted by molar-refractivity contribution is 7.79. The molecule has 0 bridgehead atoms. The number of carboxylic acids is 1. The average Bonchev–Trinajstić information content (AvgIpc) is 3.30. The molecule has 4 aliphatic carbocycles. The number of halogens is 3. The minimum absolute atomic E-state index is 0.175. The number of fused-ring (bicyclic) bond motifs is 5. The maximum atomic E-state index is 13.3. The Morgan fingerprint density at radius 3 is 1.93 bits per heavy atom. The number of hydrogen-bond donors (Lipinski definition) is 2. The summed E-state index contributed by atoms with van der Waals surface area (Å²) in [5.74, 6) is 1.81. The topological polar surface area (TPSA) is 37.3 Å². The first-order valence-electron chi connectivity index (χ1n) is 17.2. The van der Waals surface area contributed by atoms with Crippen LogP contribution in [0.5, 0.6) is 0 Å². The van der Waals surface area contributed by atoms with Crippen molar-refractivity contribution in [3.05, 3.63) is 0 Å². The van der Waals surface area contributed by atoms with Crippen LogP contribution in [0, 0.1) is 46.3 Å². The van der Waals surface area contributed by atoms with Gasteiger partial charge < -0.3 is 5.11 Å². The van der Waals surface area contributed by atoms with Gasteiger partial charge in [0.15, 0.2) is 0 Å². The SMILES string of the molecule is CC.CC.CCCC1CCC2C3CCC4CC(C(F)(F)F)CCC4(C)C3CCC12C.CCCCCCC(=O)O.CS. The standard InChI is InChI=1S/C23H37F3.C7H14O2.2C2H6.CH4S/c1-4-5-15-7-9-19-18-8-6-16-14-17(23(24,25)26)10-12-22(16,3)20(18)11-13-21(15,19)2;1-2-3-4-5-6-7(8)9;3*1-2/h15-20H,4-14H2,1-3H3;2-6H2,1H3,(H,8,9);2*1-2H3;2H,1H3. The van der Waals surface area contributed by atoms with Crippen molar-refractivity contribution in [2.75, 3.05) is 6.26 Å². The monoisotopic (exact) mass is 608 g/mol. The maximum absolute atomic E-state index is 13.3. The van der Waals surface area contributed by atoms with Gasteiger partial charge >= 0.3 is 12.1 Å². The zero-order valence-corrected chi connectivity index (χ0v) is 29.1. The largest absolute Gasteiger partial charge is 0.481 e. The van der Waals surface area contributed by atoms with Crippen molar-refractivity contribution in [1.82, 2.24) is 0 Å². The summed E-state index contributed by atoms with van der Waals surface area (Å²) in [4.78, 5) is 9.96. The summed E-state index contributed by atoms with van der Waals surface area (Å²) >= 11 is 3.53. The molecule has 246 valence electrons. The summed E-state index contributed by atoms with van der Waals surface area (Å²) in [7, 11) is 0. The quantitative estimate of drug-likeness (QED) is 0.223. The third kappa shape index (κ3) is 10.6. The van der Waals surface area contributed by atoms with Gasteiger partial charge in [0, 0.05) is 6.42 Å². The van der Waals surface area contributed by atoms with Crippen LogP contribution in [0.3, 0.4) is 0 Å². The van der Waals surface area contributed by atoms with E-state index in [1.165, 1.54) is 51.4 Å². The van der Waals surface area contributed by atoms with Gasteiger partial charge in [0.2, 0.25) is 0 Å². The van der Waals surface area contributed by atoms with E-state index in [9.17, 15) is 18.0 Å². The van der Waals surface area contributed by atoms with Crippen LogP contribution in [0.25, 0.3) is 0 Å². The predicted molar refractivity (Wildman–Crippen MR) is 174 cm³/mol. The molecule has 6 heteroatoms. The summed E-state index contributed by atoms with van der Waals surface area (Å²) in [5.41, 5.74) is 0.693. The molecule has 4 aliphatic rings. The number of carboxylic acid groups (broad SMARTS) is 1. The third-order valence-corrected chi connectivity index (χ3v) is 11.2. The first-order valence-corrected chi connectivity index (χ1v) is 18.1. The van der Waals surface area contributed by atoms with Crippen LogP contribution in [0.4, 0.5) is 13.2 Å². The van der Waals surface area contributed by atoms with Gasteiger partial charge in [-0.25, -0.2) is 0 Å². The number of rotatable bonds is 7. The van der Waals surface area contributed by atoms with Gasteiger partial charge in [-0.1, -0.05) is 87.5 Å². The molecule has 8 unspecified atom stereocenters. The number of alkyl halides is 3. The van der Waals surface area contributed by atoms with Crippen LogP contribution >= 0.6 is 12.6 Å². The third-order valence-electron chi connectivity index (χ3n) is 11.2. The van der Waals surface area contributed by atoms with Crippen LogP contribution in [0.1, 0.15) is 158 Å². The maximum Gasteiger partial charge on any atom is 0.391 e. The number of aliphatic carboxylic acids is 1. The number of carbonyl (C=O) groups is 1. The zero-order valence-electron chi connectivity index (χ0n) is 28.2. The summed E-state index contributed by atoms with van der Waals surface area (Å²) < 4.78 is 39.9. The fourth-order valence-corrected chi connectivity index (χ4v) is 9.19. The van der Waals surface area contributed by atoms with E-state index < -0.39 is 18.1 Å². The molecule has 2 nitrogen and oxygen atoms in total. The summed E-state index contributed by atoms with van der Waals surface area (Å²) in [5, 5.41) is 8.21. The molecule has 0 aromatic heterocycles. The van der Waals surface area contributed by atoms with Gasteiger partial charge in [0.25, 0.3) is 0 Å². The Hall–Kier alpha value is -0.390. The lowest BCUT2D eigenvalue weighted by Gasteiger charge is -2.61. The lowest BCUT2D eigenvalue weighted by atomic mass is 9.44. The molecule has 0 radical (unpaired) electrons. The molecule has 4 rings (SSSR count). The van der Waals surface area contributed by atoms with Gasteiger partial charge in [0.05, 0.1) is 5.92 Å². The van der Waals surface area contributed by atoms with Crippen molar-refractivity contribution in [3.63, 3.8) is 0 Å². The fraction of sp³-hybridized carbons (Fsp3) is 0.971. The Bertz CT molecular complexity index is 699. The van der Waals surface area contributed by atoms with Crippen molar-refractivity contribution >= 4 is 18.6 Å². The lowest BCUT2D eigenvalue weighted by Crippen LogP contribution is -2.54. The fourth-order valence-electron chi connectivity index (χ4n) is 9.19. The van der Waals surface area contributed by atoms with Crippen molar-refractivity contribution < 1.29 is 23.1 Å². The summed E-state index contributed by atoms with van der Waals surface area (Å²) in [6.07, 6.45) is 14.2. The van der Waals surface area contributed by atoms with Crippen LogP contribution in [0.2, 0.25) is 0 Å². The molecule has 1 N–H and O–H groups in total. The first kappa shape index (κ1) is 40.6. The van der Waals surface area contributed by atoms with Gasteiger partial charge in [-0.2, -0.15) is 25.8 Å². The molecular formula is C35H67F3O2S. The van der Waals surface area contributed by atoms with Crippen molar-refractivity contribution in [1.29, 1.82) is 0 Å². The predicted octanol–water partition coefficient (Wildman–Crippen LogP) is 12.3. The van der Waals surface area contributed by atoms with E-state index in [-0.39, 0.29) is 5.41 Å². The Morgan fingerprint density at radius 2 is 1.39 bits per heavy atom. The number of thiol groups is 1. The van der Waals surface area contributed by atoms with Gasteiger partial charge in [-0.05, 0) is 111 Å².